The van der Waals surface area contributed by atoms with Crippen molar-refractivity contribution < 1.29 is 19.0 Å². The maximum absolute atomic E-state index is 12.5. The van der Waals surface area contributed by atoms with Gasteiger partial charge in [0, 0.05) is 45.3 Å². The van der Waals surface area contributed by atoms with Gasteiger partial charge in [0.25, 0.3) is 5.91 Å². The maximum Gasteiger partial charge on any atom is 0.274 e. The Labute approximate surface area is 213 Å². The lowest BCUT2D eigenvalue weighted by molar-refractivity contribution is 0.0298. The number of amides is 1. The normalized spacial score (nSPS) is 20.8. The van der Waals surface area contributed by atoms with Crippen LogP contribution in [-0.4, -0.2) is 97.4 Å². The largest absolute Gasteiger partial charge is 0.437 e. The number of carbonyl (C=O) groups excluding carboxylic acids is 1. The first-order valence-corrected chi connectivity index (χ1v) is 13.3. The third-order valence-corrected chi connectivity index (χ3v) is 7.32. The summed E-state index contributed by atoms with van der Waals surface area (Å²) in [5, 5.41) is 3.16. The minimum absolute atomic E-state index is 0.113. The van der Waals surface area contributed by atoms with E-state index in [1.54, 1.807) is 4.90 Å². The number of benzene rings is 1. The second-order valence-corrected chi connectivity index (χ2v) is 9.66. The number of fused-ring (bicyclic) bond motifs is 1. The van der Waals surface area contributed by atoms with Crippen molar-refractivity contribution >= 4 is 5.91 Å². The quantitative estimate of drug-likeness (QED) is 0.691. The van der Waals surface area contributed by atoms with Gasteiger partial charge in [-0.15, -0.1) is 0 Å². The molecule has 1 saturated carbocycles. The fraction of sp³-hybridized carbons (Fsp3) is 0.593. The molecule has 4 aliphatic rings. The Morgan fingerprint density at radius 3 is 2.28 bits per heavy atom. The number of aromatic nitrogens is 2. The van der Waals surface area contributed by atoms with Crippen LogP contribution in [0.1, 0.15) is 40.9 Å². The summed E-state index contributed by atoms with van der Waals surface area (Å²) < 4.78 is 16.2. The van der Waals surface area contributed by atoms with Crippen molar-refractivity contribution in [3.8, 4) is 11.6 Å². The molecule has 2 aromatic rings. The molecular weight excluding hydrogens is 458 g/mol. The molecule has 1 amide bonds. The predicted octanol–water partition coefficient (Wildman–Crippen LogP) is 2.30. The van der Waals surface area contributed by atoms with Gasteiger partial charge in [0.1, 0.15) is 11.4 Å². The molecule has 1 N–H and O–H groups in total. The van der Waals surface area contributed by atoms with Crippen LogP contribution in [0.2, 0.25) is 0 Å². The van der Waals surface area contributed by atoms with Gasteiger partial charge in [-0.05, 0) is 48.9 Å². The standard InChI is InChI=1S/C23H28N4O3.C4H9NO/c28-23(27-10-12-29-13-11-27)21-15-25-22(16-24-21)30-20-5-4-17-6-8-26(19-2-1-3-19)9-7-18(17)14-20;1-3-6-4-2-5-1/h4-5,14-16,19H,1-3,6-13H2;5H,1-4H2. The van der Waals surface area contributed by atoms with Crippen LogP contribution in [0.4, 0.5) is 0 Å². The molecule has 3 aliphatic heterocycles. The van der Waals surface area contributed by atoms with Gasteiger partial charge in [0.15, 0.2) is 0 Å². The van der Waals surface area contributed by atoms with E-state index in [-0.39, 0.29) is 5.91 Å². The van der Waals surface area contributed by atoms with Gasteiger partial charge in [0.2, 0.25) is 5.88 Å². The zero-order chi connectivity index (χ0) is 24.6. The molecule has 36 heavy (non-hydrogen) atoms. The van der Waals surface area contributed by atoms with Crippen LogP contribution in [-0.2, 0) is 22.3 Å². The number of morpholine rings is 2. The van der Waals surface area contributed by atoms with Gasteiger partial charge in [-0.2, -0.15) is 0 Å². The summed E-state index contributed by atoms with van der Waals surface area (Å²) in [6.45, 7) is 8.42. The molecule has 1 aromatic carbocycles. The first-order chi connectivity index (χ1) is 17.8. The molecule has 1 aromatic heterocycles. The van der Waals surface area contributed by atoms with E-state index in [9.17, 15) is 4.79 Å². The van der Waals surface area contributed by atoms with Gasteiger partial charge in [0.05, 0.1) is 38.8 Å². The molecule has 4 heterocycles. The van der Waals surface area contributed by atoms with Gasteiger partial charge < -0.3 is 24.4 Å². The average Bonchev–Trinajstić information content (AvgIpc) is 3.12. The highest BCUT2D eigenvalue weighted by molar-refractivity contribution is 5.92. The molecule has 194 valence electrons. The number of carbonyl (C=O) groups is 1. The third-order valence-electron chi connectivity index (χ3n) is 7.32. The third kappa shape index (κ3) is 6.59. The molecule has 3 fully saturated rings. The molecule has 0 spiro atoms. The summed E-state index contributed by atoms with van der Waals surface area (Å²) in [5.74, 6) is 1.06. The Balaban J connectivity index is 0.000000391. The Kier molecular flexibility index (Phi) is 8.76. The van der Waals surface area contributed by atoms with E-state index >= 15 is 0 Å². The van der Waals surface area contributed by atoms with Crippen molar-refractivity contribution in [2.45, 2.75) is 38.1 Å². The molecule has 1 aliphatic carbocycles. The average molecular weight is 496 g/mol. The van der Waals surface area contributed by atoms with E-state index in [2.05, 4.69) is 32.3 Å². The smallest absolute Gasteiger partial charge is 0.274 e. The van der Waals surface area contributed by atoms with Crippen LogP contribution in [0.5, 0.6) is 11.6 Å². The van der Waals surface area contributed by atoms with E-state index < -0.39 is 0 Å². The summed E-state index contributed by atoms with van der Waals surface area (Å²) in [6, 6.07) is 7.11. The minimum Gasteiger partial charge on any atom is -0.437 e. The SMILES string of the molecule is C1COCCN1.O=C(c1cnc(Oc2ccc3c(c2)CCN(C2CCC2)CC3)cn1)N1CCOCC1. The number of rotatable bonds is 4. The lowest BCUT2D eigenvalue weighted by atomic mass is 9.91. The number of hydrogen-bond donors (Lipinski definition) is 1. The molecule has 0 radical (unpaired) electrons. The van der Waals surface area contributed by atoms with E-state index in [4.69, 9.17) is 14.2 Å². The number of nitrogens with zero attached hydrogens (tertiary/aromatic N) is 4. The van der Waals surface area contributed by atoms with Crippen LogP contribution in [0, 0.1) is 0 Å². The topological polar surface area (TPSA) is 89.1 Å². The molecule has 6 rings (SSSR count). The number of nitrogens with one attached hydrogen (secondary N) is 1. The highest BCUT2D eigenvalue weighted by Crippen LogP contribution is 2.29. The lowest BCUT2D eigenvalue weighted by Crippen LogP contribution is -2.41. The Bertz CT molecular complexity index is 977. The minimum atomic E-state index is -0.113. The van der Waals surface area contributed by atoms with Crippen molar-refractivity contribution in [1.82, 2.24) is 25.1 Å². The van der Waals surface area contributed by atoms with Crippen LogP contribution in [0.25, 0.3) is 0 Å². The molecule has 0 atom stereocenters. The van der Waals surface area contributed by atoms with Gasteiger partial charge in [-0.25, -0.2) is 9.97 Å². The Morgan fingerprint density at radius 1 is 0.917 bits per heavy atom. The second-order valence-electron chi connectivity index (χ2n) is 9.66. The summed E-state index contributed by atoms with van der Waals surface area (Å²) in [4.78, 5) is 25.5. The maximum atomic E-state index is 12.5. The van der Waals surface area contributed by atoms with Gasteiger partial charge in [-0.1, -0.05) is 12.5 Å². The molecule has 9 heteroatoms. The van der Waals surface area contributed by atoms with Crippen LogP contribution in [0.3, 0.4) is 0 Å². The van der Waals surface area contributed by atoms with Gasteiger partial charge in [-0.3, -0.25) is 9.69 Å². The van der Waals surface area contributed by atoms with Crippen molar-refractivity contribution in [3.63, 3.8) is 0 Å². The van der Waals surface area contributed by atoms with Crippen molar-refractivity contribution in [2.24, 2.45) is 0 Å². The monoisotopic (exact) mass is 495 g/mol. The number of ether oxygens (including phenoxy) is 3. The van der Waals surface area contributed by atoms with E-state index in [1.165, 1.54) is 42.8 Å². The fourth-order valence-corrected chi connectivity index (χ4v) is 4.94. The van der Waals surface area contributed by atoms with E-state index in [0.29, 0.717) is 37.9 Å². The summed E-state index contributed by atoms with van der Waals surface area (Å²) in [7, 11) is 0. The second kappa shape index (κ2) is 12.6. The van der Waals surface area contributed by atoms with E-state index in [0.717, 1.165) is 64.0 Å². The van der Waals surface area contributed by atoms with Crippen molar-refractivity contribution in [2.75, 3.05) is 65.7 Å². The number of hydrogen-bond acceptors (Lipinski definition) is 8. The first-order valence-electron chi connectivity index (χ1n) is 13.3. The van der Waals surface area contributed by atoms with Crippen molar-refractivity contribution in [1.29, 1.82) is 0 Å². The van der Waals surface area contributed by atoms with E-state index in [1.807, 2.05) is 6.07 Å². The summed E-state index contributed by atoms with van der Waals surface area (Å²) in [6.07, 6.45) is 9.27. The van der Waals surface area contributed by atoms with Crippen LogP contribution < -0.4 is 10.1 Å². The molecule has 0 unspecified atom stereocenters. The Hall–Kier alpha value is -2.59. The van der Waals surface area contributed by atoms with Crippen LogP contribution >= 0.6 is 0 Å². The molecule has 2 saturated heterocycles. The highest BCUT2D eigenvalue weighted by atomic mass is 16.5. The predicted molar refractivity (Wildman–Crippen MR) is 136 cm³/mol. The summed E-state index contributed by atoms with van der Waals surface area (Å²) in [5.41, 5.74) is 3.12. The zero-order valence-electron chi connectivity index (χ0n) is 21.0. The molecule has 9 nitrogen and oxygen atoms in total. The lowest BCUT2D eigenvalue weighted by Gasteiger charge is -2.36. The highest BCUT2D eigenvalue weighted by Gasteiger charge is 2.26. The zero-order valence-corrected chi connectivity index (χ0v) is 21.0. The molecule has 0 bridgehead atoms. The fourth-order valence-electron chi connectivity index (χ4n) is 4.94. The van der Waals surface area contributed by atoms with Crippen molar-refractivity contribution in [3.05, 3.63) is 47.4 Å². The molecular formula is C27H37N5O4. The van der Waals surface area contributed by atoms with Gasteiger partial charge >= 0.3 is 0 Å². The Morgan fingerprint density at radius 2 is 1.67 bits per heavy atom. The van der Waals surface area contributed by atoms with Crippen LogP contribution in [0.15, 0.2) is 30.6 Å². The summed E-state index contributed by atoms with van der Waals surface area (Å²) >= 11 is 0. The first kappa shape index (κ1) is 25.1.